The Morgan fingerprint density at radius 3 is 1.68 bits per heavy atom. The molecule has 37 heavy (non-hydrogen) atoms. The van der Waals surface area contributed by atoms with Crippen LogP contribution in [-0.4, -0.2) is 48.7 Å². The molecule has 0 aromatic rings. The molecular formula is C32H61NO4. The van der Waals surface area contributed by atoms with E-state index in [0.717, 1.165) is 51.5 Å². The maximum atomic E-state index is 12.3. The van der Waals surface area contributed by atoms with Crippen molar-refractivity contribution in [3.63, 3.8) is 0 Å². The molecule has 0 saturated carbocycles. The second-order valence-electron chi connectivity index (χ2n) is 11.1. The third kappa shape index (κ3) is 29.1. The van der Waals surface area contributed by atoms with Crippen molar-refractivity contribution in [2.24, 2.45) is 0 Å². The Labute approximate surface area is 229 Å². The number of nitrogens with zero attached hydrogens (tertiary/aromatic N) is 1. The summed E-state index contributed by atoms with van der Waals surface area (Å²) in [6.07, 6.45) is 30.2. The van der Waals surface area contributed by atoms with Gasteiger partial charge in [0, 0.05) is 12.8 Å². The Balaban J connectivity index is 3.79. The molecule has 5 nitrogen and oxygen atoms in total. The number of rotatable bonds is 28. The molecule has 0 amide bonds. The van der Waals surface area contributed by atoms with E-state index >= 15 is 0 Å². The van der Waals surface area contributed by atoms with Gasteiger partial charge >= 0.3 is 11.9 Å². The van der Waals surface area contributed by atoms with Crippen LogP contribution >= 0.6 is 0 Å². The van der Waals surface area contributed by atoms with Crippen LogP contribution in [0.1, 0.15) is 155 Å². The molecule has 0 aromatic heterocycles. The Kier molecular flexibility index (Phi) is 26.7. The zero-order valence-electron chi connectivity index (χ0n) is 24.8. The van der Waals surface area contributed by atoms with E-state index in [1.165, 1.54) is 89.9 Å². The summed E-state index contributed by atoms with van der Waals surface area (Å²) in [5.74, 6) is -0.686. The van der Waals surface area contributed by atoms with Crippen molar-refractivity contribution in [1.29, 1.82) is 0 Å². The van der Waals surface area contributed by atoms with Crippen molar-refractivity contribution in [3.05, 3.63) is 12.2 Å². The smallest absolute Gasteiger partial charge is 0.306 e. The second-order valence-corrected chi connectivity index (χ2v) is 11.1. The molecular weight excluding hydrogens is 462 g/mol. The van der Waals surface area contributed by atoms with Crippen molar-refractivity contribution < 1.29 is 19.4 Å². The van der Waals surface area contributed by atoms with E-state index in [4.69, 9.17) is 9.84 Å². The van der Waals surface area contributed by atoms with Crippen LogP contribution in [0, 0.1) is 0 Å². The fourth-order valence-electron chi connectivity index (χ4n) is 4.67. The first-order chi connectivity index (χ1) is 18.0. The van der Waals surface area contributed by atoms with Gasteiger partial charge in [-0.15, -0.1) is 0 Å². The molecule has 0 bridgehead atoms. The van der Waals surface area contributed by atoms with Gasteiger partial charge in [-0.1, -0.05) is 89.7 Å². The van der Waals surface area contributed by atoms with E-state index in [1.807, 2.05) is 14.1 Å². The molecule has 1 N–H and O–H groups in total. The zero-order chi connectivity index (χ0) is 27.4. The molecule has 5 heteroatoms. The van der Waals surface area contributed by atoms with E-state index < -0.39 is 5.97 Å². The van der Waals surface area contributed by atoms with Crippen LogP contribution in [-0.2, 0) is 14.3 Å². The van der Waals surface area contributed by atoms with Crippen LogP contribution in [0.3, 0.4) is 0 Å². The van der Waals surface area contributed by atoms with Crippen LogP contribution in [0.15, 0.2) is 12.2 Å². The van der Waals surface area contributed by atoms with E-state index in [-0.39, 0.29) is 12.1 Å². The van der Waals surface area contributed by atoms with Crippen molar-refractivity contribution in [1.82, 2.24) is 4.90 Å². The average molecular weight is 524 g/mol. The SMILES string of the molecule is CCCCCCCC(CCCCCCCCC=CCCCCCCCC(=O)O)OC(=O)CCCN(C)C. The summed E-state index contributed by atoms with van der Waals surface area (Å²) in [7, 11) is 4.08. The molecule has 0 spiro atoms. The van der Waals surface area contributed by atoms with Gasteiger partial charge in [0.1, 0.15) is 6.10 Å². The Hall–Kier alpha value is -1.36. The number of allylic oxidation sites excluding steroid dienone is 2. The van der Waals surface area contributed by atoms with Crippen LogP contribution in [0.2, 0.25) is 0 Å². The number of carbonyl (C=O) groups excluding carboxylic acids is 1. The molecule has 1 unspecified atom stereocenters. The summed E-state index contributed by atoms with van der Waals surface area (Å²) in [5.41, 5.74) is 0. The Bertz CT molecular complexity index is 547. The highest BCUT2D eigenvalue weighted by Gasteiger charge is 2.14. The summed E-state index contributed by atoms with van der Waals surface area (Å²) >= 11 is 0. The number of carboxylic acids is 1. The minimum atomic E-state index is -0.676. The van der Waals surface area contributed by atoms with Gasteiger partial charge in [0.15, 0.2) is 0 Å². The number of unbranched alkanes of at least 4 members (excludes halogenated alkanes) is 15. The normalized spacial score (nSPS) is 12.4. The van der Waals surface area contributed by atoms with Gasteiger partial charge < -0.3 is 14.7 Å². The van der Waals surface area contributed by atoms with E-state index in [1.54, 1.807) is 0 Å². The van der Waals surface area contributed by atoms with Gasteiger partial charge in [-0.3, -0.25) is 9.59 Å². The average Bonchev–Trinajstić information content (AvgIpc) is 2.85. The highest BCUT2D eigenvalue weighted by molar-refractivity contribution is 5.69. The molecule has 0 aliphatic heterocycles. The molecule has 0 fully saturated rings. The summed E-state index contributed by atoms with van der Waals surface area (Å²) in [6.45, 7) is 3.18. The fraction of sp³-hybridized carbons (Fsp3) is 0.875. The quantitative estimate of drug-likeness (QED) is 0.0629. The number of hydrogen-bond donors (Lipinski definition) is 1. The number of esters is 1. The van der Waals surface area contributed by atoms with Crippen LogP contribution in [0.4, 0.5) is 0 Å². The van der Waals surface area contributed by atoms with Crippen LogP contribution in [0.25, 0.3) is 0 Å². The van der Waals surface area contributed by atoms with Gasteiger partial charge in [0.25, 0.3) is 0 Å². The van der Waals surface area contributed by atoms with Crippen molar-refractivity contribution in [2.45, 2.75) is 161 Å². The molecule has 0 heterocycles. The minimum absolute atomic E-state index is 0.01000. The monoisotopic (exact) mass is 523 g/mol. The van der Waals surface area contributed by atoms with Gasteiger partial charge in [-0.25, -0.2) is 0 Å². The zero-order valence-corrected chi connectivity index (χ0v) is 24.8. The molecule has 0 aliphatic carbocycles. The standard InChI is InChI=1S/C32H61NO4/c1-4-5-6-18-21-25-30(37-32(36)28-24-29-33(2)3)26-22-19-16-14-12-10-8-7-9-11-13-15-17-20-23-27-31(34)35/h7,9,30H,4-6,8,10-29H2,1-3H3,(H,34,35). The maximum Gasteiger partial charge on any atom is 0.306 e. The summed E-state index contributed by atoms with van der Waals surface area (Å²) in [4.78, 5) is 24.9. The van der Waals surface area contributed by atoms with Gasteiger partial charge in [0.05, 0.1) is 0 Å². The van der Waals surface area contributed by atoms with Crippen molar-refractivity contribution in [2.75, 3.05) is 20.6 Å². The lowest BCUT2D eigenvalue weighted by atomic mass is 10.0. The number of carboxylic acid groups (broad SMARTS) is 1. The highest BCUT2D eigenvalue weighted by Crippen LogP contribution is 2.18. The molecule has 218 valence electrons. The molecule has 0 aromatic carbocycles. The predicted molar refractivity (Wildman–Crippen MR) is 157 cm³/mol. The molecule has 0 radical (unpaired) electrons. The summed E-state index contributed by atoms with van der Waals surface area (Å²) in [5, 5.41) is 8.63. The first kappa shape index (κ1) is 35.6. The van der Waals surface area contributed by atoms with Crippen LogP contribution < -0.4 is 0 Å². The molecule has 0 saturated heterocycles. The van der Waals surface area contributed by atoms with Gasteiger partial charge in [-0.2, -0.15) is 0 Å². The van der Waals surface area contributed by atoms with Gasteiger partial charge in [-0.05, 0) is 84.8 Å². The fourth-order valence-corrected chi connectivity index (χ4v) is 4.67. The lowest BCUT2D eigenvalue weighted by Crippen LogP contribution is -2.20. The Morgan fingerprint density at radius 1 is 0.676 bits per heavy atom. The van der Waals surface area contributed by atoms with Crippen molar-refractivity contribution >= 4 is 11.9 Å². The second kappa shape index (κ2) is 27.7. The lowest BCUT2D eigenvalue weighted by Gasteiger charge is -2.18. The topological polar surface area (TPSA) is 66.8 Å². The molecule has 0 aliphatic rings. The molecule has 1 atom stereocenters. The van der Waals surface area contributed by atoms with Crippen molar-refractivity contribution in [3.8, 4) is 0 Å². The van der Waals surface area contributed by atoms with Gasteiger partial charge in [0.2, 0.25) is 0 Å². The molecule has 0 rings (SSSR count). The predicted octanol–water partition coefficient (Wildman–Crippen LogP) is 9.09. The number of aliphatic carboxylic acids is 1. The van der Waals surface area contributed by atoms with E-state index in [9.17, 15) is 9.59 Å². The Morgan fingerprint density at radius 2 is 1.16 bits per heavy atom. The van der Waals surface area contributed by atoms with E-state index in [2.05, 4.69) is 24.0 Å². The number of carbonyl (C=O) groups is 2. The maximum absolute atomic E-state index is 12.3. The lowest BCUT2D eigenvalue weighted by molar-refractivity contribution is -0.150. The first-order valence-electron chi connectivity index (χ1n) is 15.7. The summed E-state index contributed by atoms with van der Waals surface area (Å²) < 4.78 is 5.89. The minimum Gasteiger partial charge on any atom is -0.481 e. The largest absolute Gasteiger partial charge is 0.481 e. The third-order valence-electron chi connectivity index (χ3n) is 6.99. The highest BCUT2D eigenvalue weighted by atomic mass is 16.5. The number of hydrogen-bond acceptors (Lipinski definition) is 4. The number of ether oxygens (including phenoxy) is 1. The van der Waals surface area contributed by atoms with E-state index in [0.29, 0.717) is 12.8 Å². The third-order valence-corrected chi connectivity index (χ3v) is 6.99. The first-order valence-corrected chi connectivity index (χ1v) is 15.7. The van der Waals surface area contributed by atoms with Crippen LogP contribution in [0.5, 0.6) is 0 Å². The summed E-state index contributed by atoms with van der Waals surface area (Å²) in [6, 6.07) is 0.